The lowest BCUT2D eigenvalue weighted by atomic mass is 10.0. The maximum Gasteiger partial charge on any atom is 0.0701 e. The first-order chi connectivity index (χ1) is 51.8. The van der Waals surface area contributed by atoms with Crippen molar-refractivity contribution in [1.29, 1.82) is 0 Å². The first kappa shape index (κ1) is 92.3. The van der Waals surface area contributed by atoms with Crippen LogP contribution in [0.15, 0.2) is 60.7 Å². The van der Waals surface area contributed by atoms with Crippen LogP contribution < -0.4 is 0 Å². The van der Waals surface area contributed by atoms with E-state index in [-0.39, 0.29) is 0 Å². The normalized spacial score (nSPS) is 19.7. The third-order valence-electron chi connectivity index (χ3n) is 20.7. The van der Waals surface area contributed by atoms with Gasteiger partial charge in [-0.2, -0.15) is 0 Å². The van der Waals surface area contributed by atoms with Crippen molar-refractivity contribution < 1.29 is 56.8 Å². The quantitative estimate of drug-likeness (QED) is 0.0584. The average molecular weight is 1470 g/mol. The lowest BCUT2D eigenvalue weighted by Crippen LogP contribution is -2.34. The fraction of sp³-hybridized carbons (Fsp3) is 0.860. The third-order valence-corrected chi connectivity index (χ3v) is 20.7. The highest BCUT2D eigenvalue weighted by atomic mass is 16.5. The number of hydrogen-bond acceptors (Lipinski definition) is 18. The Morgan fingerprint density at radius 1 is 0.154 bits per heavy atom. The minimum Gasteiger partial charge on any atom is -0.378 e. The van der Waals surface area contributed by atoms with Gasteiger partial charge in [0, 0.05) is 91.6 Å². The predicted molar refractivity (Wildman–Crippen MR) is 427 cm³/mol. The lowest BCUT2D eigenvalue weighted by molar-refractivity contribution is 0.00699. The van der Waals surface area contributed by atoms with Crippen molar-refractivity contribution >= 4 is 0 Å². The molecule has 5 rings (SSSR count). The van der Waals surface area contributed by atoms with Crippen LogP contribution in [0.2, 0.25) is 0 Å². The van der Waals surface area contributed by atoms with Gasteiger partial charge in [0.2, 0.25) is 0 Å². The fourth-order valence-electron chi connectivity index (χ4n) is 14.1. The molecular formula is C86H158N6O12. The summed E-state index contributed by atoms with van der Waals surface area (Å²) in [7, 11) is 0. The van der Waals surface area contributed by atoms with Gasteiger partial charge in [-0.3, -0.25) is 29.4 Å². The smallest absolute Gasteiger partial charge is 0.0701 e. The topological polar surface area (TPSA) is 130 Å². The molecule has 2 aromatic carbocycles. The maximum absolute atomic E-state index is 6.08. The monoisotopic (exact) mass is 1470 g/mol. The van der Waals surface area contributed by atoms with Gasteiger partial charge in [-0.25, -0.2) is 0 Å². The molecule has 0 saturated carbocycles. The van der Waals surface area contributed by atoms with Gasteiger partial charge in [0.05, 0.1) is 159 Å². The van der Waals surface area contributed by atoms with Crippen molar-refractivity contribution in [3.8, 4) is 0 Å². The molecule has 2 aromatic rings. The Morgan fingerprint density at radius 2 is 0.288 bits per heavy atom. The first-order valence-electron chi connectivity index (χ1n) is 43.1. The van der Waals surface area contributed by atoms with E-state index < -0.39 is 0 Å². The van der Waals surface area contributed by atoms with Crippen molar-refractivity contribution in [1.82, 2.24) is 29.4 Å². The molecule has 104 heavy (non-hydrogen) atoms. The maximum atomic E-state index is 6.08. The third kappa shape index (κ3) is 57.8. The number of ether oxygens (including phenoxy) is 12. The molecule has 3 aliphatic rings. The molecule has 0 N–H and O–H groups in total. The number of hydrogen-bond donors (Lipinski definition) is 0. The molecule has 0 radical (unpaired) electrons. The fourth-order valence-corrected chi connectivity index (χ4v) is 14.1. The second kappa shape index (κ2) is 72.3. The van der Waals surface area contributed by atoms with Gasteiger partial charge in [0.25, 0.3) is 0 Å². The second-order valence-electron chi connectivity index (χ2n) is 29.6. The van der Waals surface area contributed by atoms with Crippen LogP contribution in [0.3, 0.4) is 0 Å². The number of unbranched alkanes of at least 4 members (excludes halogenated alkanes) is 30. The van der Waals surface area contributed by atoms with Gasteiger partial charge >= 0.3 is 0 Å². The highest BCUT2D eigenvalue weighted by molar-refractivity contribution is 5.15. The summed E-state index contributed by atoms with van der Waals surface area (Å²) in [5.41, 5.74) is 2.63. The Balaban J connectivity index is 0.735. The molecule has 0 aliphatic carbocycles. The van der Waals surface area contributed by atoms with Crippen molar-refractivity contribution in [2.75, 3.05) is 263 Å². The second-order valence-corrected chi connectivity index (χ2v) is 29.6. The van der Waals surface area contributed by atoms with Crippen LogP contribution in [-0.2, 0) is 69.9 Å². The highest BCUT2D eigenvalue weighted by Gasteiger charge is 2.14. The van der Waals surface area contributed by atoms with E-state index in [1.165, 1.54) is 217 Å². The minimum atomic E-state index is 0.638. The number of nitrogens with zero attached hydrogens (tertiary/aromatic N) is 6. The summed E-state index contributed by atoms with van der Waals surface area (Å²) in [4.78, 5) is 14.9. The Labute approximate surface area is 636 Å². The van der Waals surface area contributed by atoms with Crippen LogP contribution in [0, 0.1) is 0 Å². The largest absolute Gasteiger partial charge is 0.378 e. The lowest BCUT2D eigenvalue weighted by Gasteiger charge is -2.23. The molecule has 0 spiro atoms. The molecule has 0 bridgehead atoms. The summed E-state index contributed by atoms with van der Waals surface area (Å²) < 4.78 is 72.1. The average Bonchev–Trinajstić information content (AvgIpc) is 1.04. The van der Waals surface area contributed by atoms with Gasteiger partial charge in [-0.1, -0.05) is 240 Å². The SMILES string of the molecule is c1ccc(CN2CCOCCOCCN(CCCCCCCCCCCCCCCCCCN3CCOCCOCCN(CCCCCCCCCCCCCCCCCCN4CCOCCOCCN(Cc5ccccc5)CCOCCOCC4)CCOCCOCC3)CCOCCOCC2)cc1. The van der Waals surface area contributed by atoms with E-state index in [0.29, 0.717) is 106 Å². The Bertz CT molecular complexity index is 1850. The predicted octanol–water partition coefficient (Wildman–Crippen LogP) is 14.9. The zero-order valence-corrected chi connectivity index (χ0v) is 66.7. The first-order valence-corrected chi connectivity index (χ1v) is 43.1. The van der Waals surface area contributed by atoms with Crippen molar-refractivity contribution in [2.24, 2.45) is 0 Å². The summed E-state index contributed by atoms with van der Waals surface area (Å²) >= 11 is 0. The minimum absolute atomic E-state index is 0.638. The van der Waals surface area contributed by atoms with Crippen LogP contribution in [-0.4, -0.2) is 293 Å². The molecule has 604 valence electrons. The van der Waals surface area contributed by atoms with Gasteiger partial charge in [0.15, 0.2) is 0 Å². The van der Waals surface area contributed by atoms with E-state index in [0.717, 1.165) is 171 Å². The van der Waals surface area contributed by atoms with Crippen LogP contribution in [0.5, 0.6) is 0 Å². The summed E-state index contributed by atoms with van der Waals surface area (Å²) in [5, 5.41) is 0. The Hall–Kier alpha value is -2.28. The molecule has 3 saturated heterocycles. The van der Waals surface area contributed by atoms with Crippen LogP contribution in [0.1, 0.15) is 217 Å². The molecule has 3 aliphatic heterocycles. The van der Waals surface area contributed by atoms with Gasteiger partial charge in [0.1, 0.15) is 0 Å². The summed E-state index contributed by atoms with van der Waals surface area (Å²) in [6.45, 7) is 33.9. The van der Waals surface area contributed by atoms with E-state index in [4.69, 9.17) is 56.8 Å². The van der Waals surface area contributed by atoms with Gasteiger partial charge < -0.3 is 56.8 Å². The molecule has 18 nitrogen and oxygen atoms in total. The Morgan fingerprint density at radius 3 is 0.442 bits per heavy atom. The molecule has 0 amide bonds. The molecular weight excluding hydrogens is 1310 g/mol. The molecule has 0 atom stereocenters. The zero-order chi connectivity index (χ0) is 72.5. The summed E-state index contributed by atoms with van der Waals surface area (Å²) in [5.74, 6) is 0. The summed E-state index contributed by atoms with van der Waals surface area (Å²) in [6.07, 6.45) is 43.5. The van der Waals surface area contributed by atoms with Crippen molar-refractivity contribution in [3.05, 3.63) is 71.8 Å². The van der Waals surface area contributed by atoms with Crippen LogP contribution in [0.25, 0.3) is 0 Å². The van der Waals surface area contributed by atoms with Crippen molar-refractivity contribution in [3.63, 3.8) is 0 Å². The van der Waals surface area contributed by atoms with Crippen LogP contribution >= 0.6 is 0 Å². The van der Waals surface area contributed by atoms with E-state index in [2.05, 4.69) is 90.1 Å². The van der Waals surface area contributed by atoms with Crippen LogP contribution in [0.4, 0.5) is 0 Å². The van der Waals surface area contributed by atoms with E-state index in [9.17, 15) is 0 Å². The summed E-state index contributed by atoms with van der Waals surface area (Å²) in [6, 6.07) is 21.3. The Kier molecular flexibility index (Phi) is 64.2. The van der Waals surface area contributed by atoms with E-state index >= 15 is 0 Å². The number of rotatable bonds is 42. The molecule has 3 heterocycles. The zero-order valence-electron chi connectivity index (χ0n) is 66.7. The molecule has 18 heteroatoms. The van der Waals surface area contributed by atoms with Gasteiger partial charge in [-0.05, 0) is 63.0 Å². The molecule has 0 unspecified atom stereocenters. The van der Waals surface area contributed by atoms with E-state index in [1.54, 1.807) is 0 Å². The van der Waals surface area contributed by atoms with Gasteiger partial charge in [-0.15, -0.1) is 0 Å². The van der Waals surface area contributed by atoms with E-state index in [1.807, 2.05) is 0 Å². The standard InChI is InChI=1S/C86H158N6O12/c1(3-7-11-15-19-23-27-37-45-89-51-63-97-75-79-101-67-55-91(83-85-39-31-29-32-40-85)56-68-102-80-76-98-64-52-89)5-9-13-17-21-25-35-43-87-47-59-93-71-73-95-61-49-88(50-62-96-74-72-94-60-48-87)44-36-26-22-18-14-10-6-2-4-8-12-16-20-24-28-38-46-90-53-65-99-77-81-103-69-57-92(84-86-41-33-30-34-42-86)58-70-104-82-78-100-66-54-90/h29-34,39-42H,1-28,35-38,43-84H2. The molecule has 0 aromatic heterocycles. The highest BCUT2D eigenvalue weighted by Crippen LogP contribution is 2.18. The van der Waals surface area contributed by atoms with Crippen molar-refractivity contribution in [2.45, 2.75) is 219 Å². The number of benzene rings is 2. The molecule has 3 fully saturated rings.